The number of carbonyl (C=O) groups excluding carboxylic acids is 1. The average Bonchev–Trinajstić information content (AvgIpc) is 2.75. The number of benzene rings is 1. The third-order valence-corrected chi connectivity index (χ3v) is 5.73. The standard InChI is InChI=1S/C24H27ClN4O2/c1-4-17-6-8-18(9-7-17)15-29-12-10-19(11-13-29)28-23-21(16(3)26)22(25)20(14-27-23)24(30)31-5-2/h1,6-9,14,19,26H,5,10-13,15H2,2-3H3,(H,27,28). The lowest BCUT2D eigenvalue weighted by Gasteiger charge is -2.33. The molecule has 1 aliphatic heterocycles. The molecule has 2 N–H and O–H groups in total. The second-order valence-electron chi connectivity index (χ2n) is 7.59. The van der Waals surface area contributed by atoms with Gasteiger partial charge in [0.25, 0.3) is 0 Å². The minimum Gasteiger partial charge on any atom is -0.462 e. The Labute approximate surface area is 188 Å². The molecule has 3 rings (SSSR count). The van der Waals surface area contributed by atoms with E-state index in [-0.39, 0.29) is 28.9 Å². The van der Waals surface area contributed by atoms with E-state index in [1.807, 2.05) is 12.1 Å². The molecule has 0 spiro atoms. The Balaban J connectivity index is 1.64. The number of hydrogen-bond acceptors (Lipinski definition) is 6. The molecule has 1 aromatic heterocycles. The van der Waals surface area contributed by atoms with Gasteiger partial charge in [0.15, 0.2) is 0 Å². The molecule has 1 saturated heterocycles. The van der Waals surface area contributed by atoms with E-state index in [2.05, 4.69) is 33.3 Å². The van der Waals surface area contributed by atoms with Gasteiger partial charge in [-0.2, -0.15) is 0 Å². The van der Waals surface area contributed by atoms with Crippen molar-refractivity contribution in [3.05, 3.63) is 57.7 Å². The van der Waals surface area contributed by atoms with Crippen LogP contribution < -0.4 is 5.32 Å². The Hall–Kier alpha value is -2.88. The predicted molar refractivity (Wildman–Crippen MR) is 124 cm³/mol. The molecule has 1 fully saturated rings. The summed E-state index contributed by atoms with van der Waals surface area (Å²) in [5.74, 6) is 2.65. The van der Waals surface area contributed by atoms with Crippen molar-refractivity contribution in [1.29, 1.82) is 5.41 Å². The number of halogens is 1. The minimum absolute atomic E-state index is 0.182. The first-order valence-electron chi connectivity index (χ1n) is 10.4. The fraction of sp³-hybridized carbons (Fsp3) is 0.375. The Kier molecular flexibility index (Phi) is 7.67. The van der Waals surface area contributed by atoms with Crippen LogP contribution in [0.25, 0.3) is 0 Å². The fourth-order valence-corrected chi connectivity index (χ4v) is 4.04. The van der Waals surface area contributed by atoms with Crippen LogP contribution in [0.5, 0.6) is 0 Å². The maximum atomic E-state index is 12.1. The van der Waals surface area contributed by atoms with Crippen LogP contribution in [0.15, 0.2) is 30.5 Å². The van der Waals surface area contributed by atoms with Crippen LogP contribution in [0.3, 0.4) is 0 Å². The summed E-state index contributed by atoms with van der Waals surface area (Å²) in [6, 6.07) is 8.32. The van der Waals surface area contributed by atoms with Gasteiger partial charge in [-0.1, -0.05) is 29.7 Å². The number of likely N-dealkylation sites (tertiary alicyclic amines) is 1. The highest BCUT2D eigenvalue weighted by Gasteiger charge is 2.24. The molecule has 0 atom stereocenters. The number of nitrogens with zero attached hydrogens (tertiary/aromatic N) is 2. The van der Waals surface area contributed by atoms with Crippen LogP contribution in [0, 0.1) is 17.8 Å². The van der Waals surface area contributed by atoms with Gasteiger partial charge in [-0.25, -0.2) is 9.78 Å². The van der Waals surface area contributed by atoms with Gasteiger partial charge in [0.2, 0.25) is 0 Å². The maximum Gasteiger partial charge on any atom is 0.341 e. The SMILES string of the molecule is C#Cc1ccc(CN2CCC(Nc3ncc(C(=O)OCC)c(Cl)c3C(C)=N)CC2)cc1. The summed E-state index contributed by atoms with van der Waals surface area (Å²) >= 11 is 6.45. The number of piperidine rings is 1. The molecule has 6 nitrogen and oxygen atoms in total. The highest BCUT2D eigenvalue weighted by Crippen LogP contribution is 2.29. The first kappa shape index (κ1) is 22.8. The summed E-state index contributed by atoms with van der Waals surface area (Å²) in [4.78, 5) is 18.9. The lowest BCUT2D eigenvalue weighted by molar-refractivity contribution is 0.0526. The Morgan fingerprint density at radius 2 is 2.03 bits per heavy atom. The van der Waals surface area contributed by atoms with Gasteiger partial charge in [-0.3, -0.25) is 4.90 Å². The summed E-state index contributed by atoms with van der Waals surface area (Å²) in [7, 11) is 0. The Morgan fingerprint density at radius 1 is 1.35 bits per heavy atom. The van der Waals surface area contributed by atoms with Crippen molar-refractivity contribution in [1.82, 2.24) is 9.88 Å². The number of nitrogens with one attached hydrogen (secondary N) is 2. The van der Waals surface area contributed by atoms with E-state index in [1.165, 1.54) is 11.8 Å². The number of anilines is 1. The van der Waals surface area contributed by atoms with Crippen molar-refractivity contribution >= 4 is 29.1 Å². The molecule has 162 valence electrons. The second kappa shape index (κ2) is 10.4. The molecule has 0 aliphatic carbocycles. The van der Waals surface area contributed by atoms with E-state index in [0.29, 0.717) is 11.4 Å². The zero-order chi connectivity index (χ0) is 22.4. The van der Waals surface area contributed by atoms with E-state index in [1.54, 1.807) is 13.8 Å². The van der Waals surface area contributed by atoms with Gasteiger partial charge in [0.05, 0.1) is 22.8 Å². The second-order valence-corrected chi connectivity index (χ2v) is 7.97. The predicted octanol–water partition coefficient (Wildman–Crippen LogP) is 4.36. The van der Waals surface area contributed by atoms with Gasteiger partial charge in [-0.15, -0.1) is 6.42 Å². The minimum atomic E-state index is -0.530. The molecular weight excluding hydrogens is 412 g/mol. The van der Waals surface area contributed by atoms with Gasteiger partial charge in [0, 0.05) is 43.1 Å². The lowest BCUT2D eigenvalue weighted by atomic mass is 10.0. The van der Waals surface area contributed by atoms with Gasteiger partial charge in [0.1, 0.15) is 5.82 Å². The maximum absolute atomic E-state index is 12.1. The summed E-state index contributed by atoms with van der Waals surface area (Å²) in [5, 5.41) is 11.8. The highest BCUT2D eigenvalue weighted by atomic mass is 35.5. The first-order chi connectivity index (χ1) is 14.9. The molecule has 1 aliphatic rings. The molecule has 0 unspecified atom stereocenters. The van der Waals surface area contributed by atoms with Crippen molar-refractivity contribution < 1.29 is 9.53 Å². The van der Waals surface area contributed by atoms with E-state index in [0.717, 1.165) is 38.0 Å². The first-order valence-corrected chi connectivity index (χ1v) is 10.8. The van der Waals surface area contributed by atoms with Gasteiger partial charge in [-0.05, 0) is 44.4 Å². The number of carbonyl (C=O) groups is 1. The third kappa shape index (κ3) is 5.63. The van der Waals surface area contributed by atoms with Crippen molar-refractivity contribution in [3.63, 3.8) is 0 Å². The lowest BCUT2D eigenvalue weighted by Crippen LogP contribution is -2.39. The molecule has 0 amide bonds. The molecule has 0 radical (unpaired) electrons. The summed E-state index contributed by atoms with van der Waals surface area (Å²) in [6.45, 7) is 6.40. The molecular formula is C24H27ClN4O2. The van der Waals surface area contributed by atoms with Gasteiger partial charge < -0.3 is 15.5 Å². The van der Waals surface area contributed by atoms with Crippen molar-refractivity contribution in [3.8, 4) is 12.3 Å². The third-order valence-electron chi connectivity index (χ3n) is 5.34. The quantitative estimate of drug-likeness (QED) is 0.381. The monoisotopic (exact) mass is 438 g/mol. The van der Waals surface area contributed by atoms with Crippen LogP contribution in [0.1, 0.15) is 53.7 Å². The summed E-state index contributed by atoms with van der Waals surface area (Å²) in [6.07, 6.45) is 8.73. The Bertz CT molecular complexity index is 990. The van der Waals surface area contributed by atoms with E-state index in [4.69, 9.17) is 28.2 Å². The fourth-order valence-electron chi connectivity index (χ4n) is 3.69. The van der Waals surface area contributed by atoms with Crippen LogP contribution in [0.2, 0.25) is 5.02 Å². The largest absolute Gasteiger partial charge is 0.462 e. The van der Waals surface area contributed by atoms with Crippen LogP contribution in [-0.2, 0) is 11.3 Å². The highest BCUT2D eigenvalue weighted by molar-refractivity contribution is 6.37. The average molecular weight is 439 g/mol. The molecule has 0 bridgehead atoms. The van der Waals surface area contributed by atoms with E-state index in [9.17, 15) is 4.79 Å². The molecule has 0 saturated carbocycles. The molecule has 31 heavy (non-hydrogen) atoms. The van der Waals surface area contributed by atoms with Crippen molar-refractivity contribution in [2.24, 2.45) is 0 Å². The van der Waals surface area contributed by atoms with E-state index < -0.39 is 5.97 Å². The zero-order valence-electron chi connectivity index (χ0n) is 17.9. The van der Waals surface area contributed by atoms with Crippen molar-refractivity contribution in [2.75, 3.05) is 25.0 Å². The van der Waals surface area contributed by atoms with Gasteiger partial charge >= 0.3 is 5.97 Å². The van der Waals surface area contributed by atoms with Crippen molar-refractivity contribution in [2.45, 2.75) is 39.3 Å². The van der Waals surface area contributed by atoms with E-state index >= 15 is 0 Å². The van der Waals surface area contributed by atoms with Crippen LogP contribution >= 0.6 is 11.6 Å². The normalized spacial score (nSPS) is 14.6. The number of ether oxygens (including phenoxy) is 1. The Morgan fingerprint density at radius 3 is 2.61 bits per heavy atom. The molecule has 2 aromatic rings. The molecule has 1 aromatic carbocycles. The number of aromatic nitrogens is 1. The van der Waals surface area contributed by atoms with Crippen LogP contribution in [-0.4, -0.2) is 47.3 Å². The smallest absolute Gasteiger partial charge is 0.341 e. The molecule has 7 heteroatoms. The summed E-state index contributed by atoms with van der Waals surface area (Å²) in [5.41, 5.74) is 3.02. The number of terminal acetylenes is 1. The number of hydrogen-bond donors (Lipinski definition) is 2. The molecule has 2 heterocycles. The summed E-state index contributed by atoms with van der Waals surface area (Å²) < 4.78 is 5.04. The van der Waals surface area contributed by atoms with Crippen LogP contribution in [0.4, 0.5) is 5.82 Å². The number of esters is 1. The zero-order valence-corrected chi connectivity index (χ0v) is 18.6. The number of pyridine rings is 1. The number of rotatable bonds is 7. The topological polar surface area (TPSA) is 78.3 Å².